The highest BCUT2D eigenvalue weighted by atomic mass is 16.5. The van der Waals surface area contributed by atoms with Crippen molar-refractivity contribution in [3.63, 3.8) is 0 Å². The molecule has 2 heterocycles. The number of nitrogens with zero attached hydrogens (tertiary/aromatic N) is 3. The summed E-state index contributed by atoms with van der Waals surface area (Å²) in [5, 5.41) is 7.52. The second kappa shape index (κ2) is 9.12. The highest BCUT2D eigenvalue weighted by Crippen LogP contribution is 2.17. The number of nitrogens with one attached hydrogen (secondary N) is 1. The third-order valence-electron chi connectivity index (χ3n) is 3.96. The van der Waals surface area contributed by atoms with Gasteiger partial charge in [0.05, 0.1) is 13.2 Å². The molecule has 0 amide bonds. The average Bonchev–Trinajstić information content (AvgIpc) is 2.93. The van der Waals surface area contributed by atoms with Crippen LogP contribution in [-0.4, -0.2) is 54.9 Å². The third-order valence-corrected chi connectivity index (χ3v) is 3.96. The molecule has 2 rings (SSSR count). The number of ether oxygens (including phenoxy) is 1. The summed E-state index contributed by atoms with van der Waals surface area (Å²) < 4.78 is 10.3. The van der Waals surface area contributed by atoms with Crippen LogP contribution in [0.5, 0.6) is 0 Å². The Bertz CT molecular complexity index is 389. The Labute approximate surface area is 127 Å². The zero-order chi connectivity index (χ0) is 14.9. The van der Waals surface area contributed by atoms with E-state index < -0.39 is 0 Å². The van der Waals surface area contributed by atoms with Crippen molar-refractivity contribution in [3.8, 4) is 0 Å². The lowest BCUT2D eigenvalue weighted by Gasteiger charge is -2.31. The van der Waals surface area contributed by atoms with Gasteiger partial charge < -0.3 is 14.6 Å². The Morgan fingerprint density at radius 2 is 2.19 bits per heavy atom. The summed E-state index contributed by atoms with van der Waals surface area (Å²) in [6.07, 6.45) is 4.39. The fourth-order valence-corrected chi connectivity index (χ4v) is 2.70. The molecule has 0 atom stereocenters. The number of methoxy groups -OCH3 is 1. The van der Waals surface area contributed by atoms with Gasteiger partial charge in [-0.2, -0.15) is 4.98 Å². The van der Waals surface area contributed by atoms with Gasteiger partial charge in [0.2, 0.25) is 5.89 Å². The van der Waals surface area contributed by atoms with Crippen LogP contribution >= 0.6 is 0 Å². The van der Waals surface area contributed by atoms with Crippen molar-refractivity contribution in [1.82, 2.24) is 20.4 Å². The van der Waals surface area contributed by atoms with Gasteiger partial charge in [-0.05, 0) is 44.8 Å². The number of hydrogen-bond acceptors (Lipinski definition) is 6. The van der Waals surface area contributed by atoms with Crippen molar-refractivity contribution in [2.24, 2.45) is 5.92 Å². The molecule has 0 unspecified atom stereocenters. The average molecular weight is 296 g/mol. The minimum atomic E-state index is 0.768. The fraction of sp³-hybridized carbons (Fsp3) is 0.867. The topological polar surface area (TPSA) is 63.4 Å². The maximum absolute atomic E-state index is 5.23. The molecule has 6 nitrogen and oxygen atoms in total. The van der Waals surface area contributed by atoms with Crippen LogP contribution in [0.4, 0.5) is 0 Å². The van der Waals surface area contributed by atoms with Crippen LogP contribution in [0.15, 0.2) is 4.52 Å². The first-order valence-corrected chi connectivity index (χ1v) is 8.05. The molecule has 6 heteroatoms. The fourth-order valence-electron chi connectivity index (χ4n) is 2.70. The van der Waals surface area contributed by atoms with Gasteiger partial charge in [-0.25, -0.2) is 0 Å². The van der Waals surface area contributed by atoms with E-state index in [1.54, 1.807) is 7.11 Å². The molecule has 0 spiro atoms. The van der Waals surface area contributed by atoms with Crippen molar-refractivity contribution in [3.05, 3.63) is 11.7 Å². The van der Waals surface area contributed by atoms with Gasteiger partial charge in [0.25, 0.3) is 0 Å². The zero-order valence-corrected chi connectivity index (χ0v) is 13.3. The standard InChI is InChI=1S/C15H28N4O2/c1-3-4-15-17-14(18-21-15)12-19-8-5-13(6-9-19)11-16-7-10-20-2/h13,16H,3-12H2,1-2H3. The molecule has 1 N–H and O–H groups in total. The minimum Gasteiger partial charge on any atom is -0.383 e. The summed E-state index contributed by atoms with van der Waals surface area (Å²) >= 11 is 0. The molecule has 0 saturated carbocycles. The Hall–Kier alpha value is -0.980. The molecule has 1 aromatic rings. The third kappa shape index (κ3) is 5.73. The van der Waals surface area contributed by atoms with E-state index in [1.165, 1.54) is 12.8 Å². The van der Waals surface area contributed by atoms with E-state index in [4.69, 9.17) is 9.26 Å². The second-order valence-corrected chi connectivity index (χ2v) is 5.77. The van der Waals surface area contributed by atoms with Crippen molar-refractivity contribution < 1.29 is 9.26 Å². The van der Waals surface area contributed by atoms with Crippen LogP contribution in [0.3, 0.4) is 0 Å². The highest BCUT2D eigenvalue weighted by Gasteiger charge is 2.20. The molecule has 120 valence electrons. The van der Waals surface area contributed by atoms with Crippen LogP contribution in [-0.2, 0) is 17.7 Å². The van der Waals surface area contributed by atoms with E-state index in [1.807, 2.05) is 0 Å². The minimum absolute atomic E-state index is 0.768. The SMILES string of the molecule is CCCc1nc(CN2CCC(CNCCOC)CC2)no1. The Morgan fingerprint density at radius 3 is 2.90 bits per heavy atom. The number of likely N-dealkylation sites (tertiary alicyclic amines) is 1. The van der Waals surface area contributed by atoms with E-state index in [0.29, 0.717) is 0 Å². The van der Waals surface area contributed by atoms with Crippen molar-refractivity contribution in [2.75, 3.05) is 39.9 Å². The molecule has 1 aliphatic rings. The van der Waals surface area contributed by atoms with Crippen LogP contribution in [0.2, 0.25) is 0 Å². The van der Waals surface area contributed by atoms with E-state index in [9.17, 15) is 0 Å². The first-order valence-electron chi connectivity index (χ1n) is 8.05. The molecule has 0 radical (unpaired) electrons. The van der Waals surface area contributed by atoms with Gasteiger partial charge >= 0.3 is 0 Å². The van der Waals surface area contributed by atoms with Gasteiger partial charge in [0.15, 0.2) is 5.82 Å². The molecule has 1 aromatic heterocycles. The number of hydrogen-bond donors (Lipinski definition) is 1. The molecule has 21 heavy (non-hydrogen) atoms. The van der Waals surface area contributed by atoms with Crippen molar-refractivity contribution >= 4 is 0 Å². The molecule has 1 fully saturated rings. The van der Waals surface area contributed by atoms with Gasteiger partial charge in [-0.3, -0.25) is 4.90 Å². The number of aryl methyl sites for hydroxylation is 1. The van der Waals surface area contributed by atoms with E-state index >= 15 is 0 Å². The molecular weight excluding hydrogens is 268 g/mol. The summed E-state index contributed by atoms with van der Waals surface area (Å²) in [6.45, 7) is 8.01. The predicted octanol–water partition coefficient (Wildman–Crippen LogP) is 1.47. The summed E-state index contributed by atoms with van der Waals surface area (Å²) in [7, 11) is 1.74. The lowest BCUT2D eigenvalue weighted by molar-refractivity contribution is 0.164. The predicted molar refractivity (Wildman–Crippen MR) is 81.0 cm³/mol. The first-order chi connectivity index (χ1) is 10.3. The lowest BCUT2D eigenvalue weighted by atomic mass is 9.97. The summed E-state index contributed by atoms with van der Waals surface area (Å²) in [5.41, 5.74) is 0. The monoisotopic (exact) mass is 296 g/mol. The van der Waals surface area contributed by atoms with Gasteiger partial charge in [-0.15, -0.1) is 0 Å². The Kier molecular flexibility index (Phi) is 7.12. The second-order valence-electron chi connectivity index (χ2n) is 5.77. The van der Waals surface area contributed by atoms with Crippen LogP contribution in [0.1, 0.15) is 37.9 Å². The molecule has 0 aliphatic carbocycles. The maximum Gasteiger partial charge on any atom is 0.226 e. The number of rotatable bonds is 9. The van der Waals surface area contributed by atoms with Gasteiger partial charge in [-0.1, -0.05) is 12.1 Å². The lowest BCUT2D eigenvalue weighted by Crippen LogP contribution is -2.37. The molecule has 0 bridgehead atoms. The summed E-state index contributed by atoms with van der Waals surface area (Å²) in [5.74, 6) is 2.37. The van der Waals surface area contributed by atoms with Gasteiger partial charge in [0.1, 0.15) is 0 Å². The number of aromatic nitrogens is 2. The van der Waals surface area contributed by atoms with Gasteiger partial charge in [0, 0.05) is 20.1 Å². The van der Waals surface area contributed by atoms with E-state index in [2.05, 4.69) is 27.3 Å². The first kappa shape index (κ1) is 16.4. The van der Waals surface area contributed by atoms with Crippen LogP contribution < -0.4 is 5.32 Å². The summed E-state index contributed by atoms with van der Waals surface area (Å²) in [6, 6.07) is 0. The smallest absolute Gasteiger partial charge is 0.226 e. The zero-order valence-electron chi connectivity index (χ0n) is 13.3. The Morgan fingerprint density at radius 1 is 1.38 bits per heavy atom. The largest absolute Gasteiger partial charge is 0.383 e. The van der Waals surface area contributed by atoms with Crippen molar-refractivity contribution in [1.29, 1.82) is 0 Å². The molecular formula is C15H28N4O2. The maximum atomic E-state index is 5.23. The number of piperidine rings is 1. The molecule has 1 saturated heterocycles. The van der Waals surface area contributed by atoms with Crippen LogP contribution in [0, 0.1) is 5.92 Å². The molecule has 1 aliphatic heterocycles. The van der Waals surface area contributed by atoms with E-state index in [-0.39, 0.29) is 0 Å². The summed E-state index contributed by atoms with van der Waals surface area (Å²) in [4.78, 5) is 6.86. The quantitative estimate of drug-likeness (QED) is 0.696. The van der Waals surface area contributed by atoms with Crippen LogP contribution in [0.25, 0.3) is 0 Å². The van der Waals surface area contributed by atoms with E-state index in [0.717, 1.165) is 69.8 Å². The Balaban J connectivity index is 1.64. The normalized spacial score (nSPS) is 17.4. The molecule has 0 aromatic carbocycles. The highest BCUT2D eigenvalue weighted by molar-refractivity contribution is 4.87. The van der Waals surface area contributed by atoms with Crippen molar-refractivity contribution in [2.45, 2.75) is 39.2 Å².